The van der Waals surface area contributed by atoms with Gasteiger partial charge in [-0.15, -0.1) is 0 Å². The van der Waals surface area contributed by atoms with E-state index in [9.17, 15) is 0 Å². The van der Waals surface area contributed by atoms with E-state index < -0.39 is 0 Å². The van der Waals surface area contributed by atoms with Crippen molar-refractivity contribution in [1.29, 1.82) is 0 Å². The molecule has 0 spiro atoms. The van der Waals surface area contributed by atoms with Crippen molar-refractivity contribution in [2.75, 3.05) is 0 Å². The SMILES string of the molecule is CCC(N)c1noc(-c2cc3ccccc3o2)n1. The second-order valence-corrected chi connectivity index (χ2v) is 4.12. The van der Waals surface area contributed by atoms with E-state index in [1.807, 2.05) is 37.3 Å². The molecule has 0 saturated heterocycles. The lowest BCUT2D eigenvalue weighted by atomic mass is 10.2. The Hall–Kier alpha value is -2.14. The van der Waals surface area contributed by atoms with Gasteiger partial charge in [0.05, 0.1) is 6.04 Å². The molecular weight excluding hydrogens is 230 g/mol. The zero-order chi connectivity index (χ0) is 12.5. The maximum absolute atomic E-state index is 5.85. The quantitative estimate of drug-likeness (QED) is 0.765. The Morgan fingerprint density at radius 3 is 2.94 bits per heavy atom. The van der Waals surface area contributed by atoms with Crippen LogP contribution in [0.5, 0.6) is 0 Å². The molecule has 18 heavy (non-hydrogen) atoms. The maximum atomic E-state index is 5.85. The molecule has 0 bridgehead atoms. The highest BCUT2D eigenvalue weighted by Gasteiger charge is 2.16. The third kappa shape index (κ3) is 1.78. The Morgan fingerprint density at radius 1 is 1.33 bits per heavy atom. The zero-order valence-corrected chi connectivity index (χ0v) is 9.96. The van der Waals surface area contributed by atoms with E-state index in [2.05, 4.69) is 10.1 Å². The molecular formula is C13H13N3O2. The normalized spacial score (nSPS) is 13.0. The van der Waals surface area contributed by atoms with Crippen molar-refractivity contribution >= 4 is 11.0 Å². The van der Waals surface area contributed by atoms with E-state index in [1.54, 1.807) is 0 Å². The number of hydrogen-bond donors (Lipinski definition) is 1. The van der Waals surface area contributed by atoms with Crippen LogP contribution in [0, 0.1) is 0 Å². The highest BCUT2D eigenvalue weighted by atomic mass is 16.5. The van der Waals surface area contributed by atoms with Gasteiger partial charge in [-0.05, 0) is 18.6 Å². The predicted molar refractivity (Wildman–Crippen MR) is 66.7 cm³/mol. The van der Waals surface area contributed by atoms with Crippen LogP contribution < -0.4 is 5.73 Å². The molecule has 1 unspecified atom stereocenters. The van der Waals surface area contributed by atoms with E-state index in [0.717, 1.165) is 17.4 Å². The Labute approximate surface area is 104 Å². The lowest BCUT2D eigenvalue weighted by molar-refractivity contribution is 0.405. The lowest BCUT2D eigenvalue weighted by Crippen LogP contribution is -2.10. The number of fused-ring (bicyclic) bond motifs is 1. The van der Waals surface area contributed by atoms with E-state index >= 15 is 0 Å². The summed E-state index contributed by atoms with van der Waals surface area (Å²) in [5, 5.41) is 4.87. The second-order valence-electron chi connectivity index (χ2n) is 4.12. The Morgan fingerprint density at radius 2 is 2.17 bits per heavy atom. The molecule has 5 nitrogen and oxygen atoms in total. The van der Waals surface area contributed by atoms with E-state index in [1.165, 1.54) is 0 Å². The van der Waals surface area contributed by atoms with Gasteiger partial charge in [0.25, 0.3) is 5.89 Å². The van der Waals surface area contributed by atoms with Crippen LogP contribution in [0.15, 0.2) is 39.3 Å². The molecule has 5 heteroatoms. The van der Waals surface area contributed by atoms with Gasteiger partial charge >= 0.3 is 0 Å². The van der Waals surface area contributed by atoms with Gasteiger partial charge in [-0.1, -0.05) is 30.3 Å². The molecule has 0 saturated carbocycles. The van der Waals surface area contributed by atoms with Crippen molar-refractivity contribution in [1.82, 2.24) is 10.1 Å². The number of para-hydroxylation sites is 1. The highest BCUT2D eigenvalue weighted by Crippen LogP contribution is 2.27. The van der Waals surface area contributed by atoms with E-state index in [4.69, 9.17) is 14.7 Å². The van der Waals surface area contributed by atoms with Crippen LogP contribution >= 0.6 is 0 Å². The number of nitrogens with zero attached hydrogens (tertiary/aromatic N) is 2. The van der Waals surface area contributed by atoms with Crippen LogP contribution in [0.25, 0.3) is 22.6 Å². The first kappa shape index (κ1) is 11.0. The summed E-state index contributed by atoms with van der Waals surface area (Å²) in [7, 11) is 0. The summed E-state index contributed by atoms with van der Waals surface area (Å²) in [4.78, 5) is 4.25. The van der Waals surface area contributed by atoms with Crippen molar-refractivity contribution in [2.24, 2.45) is 5.73 Å². The maximum Gasteiger partial charge on any atom is 0.293 e. The van der Waals surface area contributed by atoms with Crippen LogP contribution in [-0.2, 0) is 0 Å². The molecule has 0 aliphatic rings. The molecule has 1 aromatic carbocycles. The number of nitrogens with two attached hydrogens (primary N) is 1. The minimum atomic E-state index is -0.202. The third-order valence-corrected chi connectivity index (χ3v) is 2.85. The Balaban J connectivity index is 2.01. The molecule has 3 rings (SSSR count). The standard InChI is InChI=1S/C13H13N3O2/c1-2-9(14)12-15-13(18-16-12)11-7-8-5-3-4-6-10(8)17-11/h3-7,9H,2,14H2,1H3. The Kier molecular flexibility index (Phi) is 2.60. The van der Waals surface area contributed by atoms with Crippen LogP contribution in [0.2, 0.25) is 0 Å². The molecule has 0 radical (unpaired) electrons. The monoisotopic (exact) mass is 243 g/mol. The van der Waals surface area contributed by atoms with Gasteiger partial charge in [0, 0.05) is 5.39 Å². The van der Waals surface area contributed by atoms with Gasteiger partial charge in [0.1, 0.15) is 5.58 Å². The predicted octanol–water partition coefficient (Wildman–Crippen LogP) is 2.89. The topological polar surface area (TPSA) is 78.1 Å². The largest absolute Gasteiger partial charge is 0.451 e. The summed E-state index contributed by atoms with van der Waals surface area (Å²) < 4.78 is 10.8. The zero-order valence-electron chi connectivity index (χ0n) is 9.96. The minimum Gasteiger partial charge on any atom is -0.451 e. The number of furan rings is 1. The first-order valence-electron chi connectivity index (χ1n) is 5.86. The van der Waals surface area contributed by atoms with Gasteiger partial charge in [-0.25, -0.2) is 0 Å². The average molecular weight is 243 g/mol. The third-order valence-electron chi connectivity index (χ3n) is 2.85. The van der Waals surface area contributed by atoms with Crippen molar-refractivity contribution in [3.8, 4) is 11.7 Å². The molecule has 2 heterocycles. The smallest absolute Gasteiger partial charge is 0.293 e. The lowest BCUT2D eigenvalue weighted by Gasteiger charge is -1.98. The number of rotatable bonds is 3. The number of benzene rings is 1. The van der Waals surface area contributed by atoms with Gasteiger partial charge in [0.15, 0.2) is 11.6 Å². The number of hydrogen-bond acceptors (Lipinski definition) is 5. The molecule has 1 atom stereocenters. The molecule has 0 aliphatic heterocycles. The summed E-state index contributed by atoms with van der Waals surface area (Å²) in [5.74, 6) is 1.44. The summed E-state index contributed by atoms with van der Waals surface area (Å²) in [6.07, 6.45) is 0.763. The summed E-state index contributed by atoms with van der Waals surface area (Å²) in [5.41, 5.74) is 6.64. The first-order valence-corrected chi connectivity index (χ1v) is 5.86. The van der Waals surface area contributed by atoms with Gasteiger partial charge in [0.2, 0.25) is 0 Å². The van der Waals surface area contributed by atoms with Crippen molar-refractivity contribution in [3.05, 3.63) is 36.2 Å². The number of aromatic nitrogens is 2. The molecule has 0 fully saturated rings. The summed E-state index contributed by atoms with van der Waals surface area (Å²) >= 11 is 0. The Bertz CT molecular complexity index is 638. The van der Waals surface area contributed by atoms with Gasteiger partial charge in [-0.2, -0.15) is 4.98 Å². The van der Waals surface area contributed by atoms with Crippen molar-refractivity contribution in [3.63, 3.8) is 0 Å². The highest BCUT2D eigenvalue weighted by molar-refractivity contribution is 5.81. The minimum absolute atomic E-state index is 0.202. The van der Waals surface area contributed by atoms with Crippen molar-refractivity contribution in [2.45, 2.75) is 19.4 Å². The molecule has 0 aliphatic carbocycles. The molecule has 2 N–H and O–H groups in total. The van der Waals surface area contributed by atoms with E-state index in [0.29, 0.717) is 17.5 Å². The average Bonchev–Trinajstić information content (AvgIpc) is 3.03. The molecule has 92 valence electrons. The molecule has 3 aromatic rings. The van der Waals surface area contributed by atoms with E-state index in [-0.39, 0.29) is 6.04 Å². The van der Waals surface area contributed by atoms with Crippen LogP contribution in [0.4, 0.5) is 0 Å². The van der Waals surface area contributed by atoms with Gasteiger partial charge < -0.3 is 14.7 Å². The fourth-order valence-corrected chi connectivity index (χ4v) is 1.76. The fourth-order valence-electron chi connectivity index (χ4n) is 1.76. The van der Waals surface area contributed by atoms with Crippen LogP contribution in [-0.4, -0.2) is 10.1 Å². The van der Waals surface area contributed by atoms with Crippen LogP contribution in [0.1, 0.15) is 25.2 Å². The summed E-state index contributed by atoms with van der Waals surface area (Å²) in [6.45, 7) is 1.97. The molecule has 2 aromatic heterocycles. The first-order chi connectivity index (χ1) is 8.78. The van der Waals surface area contributed by atoms with Crippen LogP contribution in [0.3, 0.4) is 0 Å². The molecule has 0 amide bonds. The van der Waals surface area contributed by atoms with Gasteiger partial charge in [-0.3, -0.25) is 0 Å². The second kappa shape index (κ2) is 4.27. The fraction of sp³-hybridized carbons (Fsp3) is 0.231. The summed E-state index contributed by atoms with van der Waals surface area (Å²) in [6, 6.07) is 9.41. The van der Waals surface area contributed by atoms with Crippen molar-refractivity contribution < 1.29 is 8.94 Å².